The van der Waals surface area contributed by atoms with Crippen molar-refractivity contribution in [3.8, 4) is 0 Å². The van der Waals surface area contributed by atoms with Crippen LogP contribution in [-0.2, 0) is 6.42 Å². The van der Waals surface area contributed by atoms with E-state index in [4.69, 9.17) is 0 Å². The molecular formula is C21H30N4OS. The van der Waals surface area contributed by atoms with Crippen LogP contribution in [0.15, 0.2) is 35.7 Å². The number of unbranched alkanes of at least 4 members (excludes halogenated alkanes) is 1. The molecule has 0 bridgehead atoms. The summed E-state index contributed by atoms with van der Waals surface area (Å²) in [6.07, 6.45) is 2.92. The van der Waals surface area contributed by atoms with Gasteiger partial charge in [-0.2, -0.15) is 0 Å². The highest BCUT2D eigenvalue weighted by atomic mass is 32.1. The third-order valence-corrected chi connectivity index (χ3v) is 5.93. The predicted octanol–water partition coefficient (Wildman–Crippen LogP) is 2.88. The first-order chi connectivity index (χ1) is 13.2. The second-order valence-corrected chi connectivity index (χ2v) is 7.97. The first-order valence-electron chi connectivity index (χ1n) is 9.96. The van der Waals surface area contributed by atoms with Gasteiger partial charge >= 0.3 is 0 Å². The van der Waals surface area contributed by atoms with E-state index < -0.39 is 0 Å². The van der Waals surface area contributed by atoms with Crippen molar-refractivity contribution < 1.29 is 4.79 Å². The Morgan fingerprint density at radius 3 is 2.59 bits per heavy atom. The topological polar surface area (TPSA) is 48.5 Å². The standard InChI is InChI=1S/C21H30N4OS/c1-2-24-12-14-25(15-13-24)11-7-6-10-22-21(26)19-17-27-20(23-19)16-18-8-4-3-5-9-18/h3-5,8-9,17H,2,6-7,10-16H2,1H3,(H,22,26). The Morgan fingerprint density at radius 2 is 1.85 bits per heavy atom. The molecule has 1 aliphatic rings. The lowest BCUT2D eigenvalue weighted by Crippen LogP contribution is -2.46. The Hall–Kier alpha value is -1.76. The second-order valence-electron chi connectivity index (χ2n) is 7.03. The lowest BCUT2D eigenvalue weighted by atomic mass is 10.2. The summed E-state index contributed by atoms with van der Waals surface area (Å²) in [6, 6.07) is 10.2. The molecule has 0 aliphatic carbocycles. The summed E-state index contributed by atoms with van der Waals surface area (Å²) in [7, 11) is 0. The van der Waals surface area contributed by atoms with Crippen LogP contribution < -0.4 is 5.32 Å². The number of hydrogen-bond acceptors (Lipinski definition) is 5. The largest absolute Gasteiger partial charge is 0.351 e. The molecule has 2 aromatic rings. The van der Waals surface area contributed by atoms with Crippen molar-refractivity contribution in [3.05, 3.63) is 52.0 Å². The molecule has 146 valence electrons. The molecular weight excluding hydrogens is 356 g/mol. The van der Waals surface area contributed by atoms with Crippen LogP contribution in [0.1, 0.15) is 40.8 Å². The molecule has 2 heterocycles. The zero-order valence-electron chi connectivity index (χ0n) is 16.2. The lowest BCUT2D eigenvalue weighted by Gasteiger charge is -2.33. The van der Waals surface area contributed by atoms with Gasteiger partial charge in [0, 0.05) is 44.5 Å². The summed E-state index contributed by atoms with van der Waals surface area (Å²) in [4.78, 5) is 21.8. The van der Waals surface area contributed by atoms with E-state index in [0.29, 0.717) is 5.69 Å². The summed E-state index contributed by atoms with van der Waals surface area (Å²) in [5.74, 6) is -0.0536. The predicted molar refractivity (Wildman–Crippen MR) is 111 cm³/mol. The van der Waals surface area contributed by atoms with Crippen LogP contribution in [0, 0.1) is 0 Å². The van der Waals surface area contributed by atoms with Crippen molar-refractivity contribution in [3.63, 3.8) is 0 Å². The maximum Gasteiger partial charge on any atom is 0.270 e. The number of nitrogens with zero attached hydrogens (tertiary/aromatic N) is 3. The van der Waals surface area contributed by atoms with E-state index in [1.165, 1.54) is 31.7 Å². The van der Waals surface area contributed by atoms with Gasteiger partial charge in [0.05, 0.1) is 5.01 Å². The summed E-state index contributed by atoms with van der Waals surface area (Å²) < 4.78 is 0. The quantitative estimate of drug-likeness (QED) is 0.673. The molecule has 1 N–H and O–H groups in total. The molecule has 1 amide bonds. The lowest BCUT2D eigenvalue weighted by molar-refractivity contribution is 0.0947. The Bertz CT molecular complexity index is 695. The van der Waals surface area contributed by atoms with Gasteiger partial charge in [0.1, 0.15) is 5.69 Å². The minimum atomic E-state index is -0.0536. The maximum atomic E-state index is 12.3. The van der Waals surface area contributed by atoms with Gasteiger partial charge in [-0.15, -0.1) is 11.3 Å². The molecule has 0 radical (unpaired) electrons. The van der Waals surface area contributed by atoms with Gasteiger partial charge in [-0.05, 0) is 31.5 Å². The van der Waals surface area contributed by atoms with Crippen molar-refractivity contribution in [2.24, 2.45) is 0 Å². The van der Waals surface area contributed by atoms with Gasteiger partial charge in [0.25, 0.3) is 5.91 Å². The number of aromatic nitrogens is 1. The van der Waals surface area contributed by atoms with Gasteiger partial charge in [-0.25, -0.2) is 4.98 Å². The van der Waals surface area contributed by atoms with Crippen LogP contribution in [0.3, 0.4) is 0 Å². The maximum absolute atomic E-state index is 12.3. The molecule has 0 saturated carbocycles. The summed E-state index contributed by atoms with van der Waals surface area (Å²) in [5, 5.41) is 5.85. The summed E-state index contributed by atoms with van der Waals surface area (Å²) in [5.41, 5.74) is 1.76. The van der Waals surface area contributed by atoms with E-state index >= 15 is 0 Å². The van der Waals surface area contributed by atoms with E-state index in [0.717, 1.165) is 43.9 Å². The Balaban J connectivity index is 1.32. The van der Waals surface area contributed by atoms with Crippen LogP contribution in [-0.4, -0.2) is 66.5 Å². The van der Waals surface area contributed by atoms with E-state index in [1.807, 2.05) is 23.6 Å². The number of nitrogens with one attached hydrogen (secondary N) is 1. The highest BCUT2D eigenvalue weighted by molar-refractivity contribution is 7.09. The fourth-order valence-corrected chi connectivity index (χ4v) is 4.16. The Kier molecular flexibility index (Phi) is 7.80. The number of piperazine rings is 1. The molecule has 0 spiro atoms. The van der Waals surface area contributed by atoms with Crippen molar-refractivity contribution in [2.45, 2.75) is 26.2 Å². The molecule has 6 heteroatoms. The number of rotatable bonds is 9. The van der Waals surface area contributed by atoms with E-state index in [1.54, 1.807) is 11.3 Å². The van der Waals surface area contributed by atoms with Crippen LogP contribution in [0.2, 0.25) is 0 Å². The third-order valence-electron chi connectivity index (χ3n) is 5.08. The van der Waals surface area contributed by atoms with Gasteiger partial charge in [0.2, 0.25) is 0 Å². The summed E-state index contributed by atoms with van der Waals surface area (Å²) >= 11 is 1.55. The van der Waals surface area contributed by atoms with Crippen molar-refractivity contribution in [1.82, 2.24) is 20.1 Å². The number of carbonyl (C=O) groups is 1. The van der Waals surface area contributed by atoms with E-state index in [2.05, 4.69) is 39.2 Å². The number of benzene rings is 1. The first-order valence-corrected chi connectivity index (χ1v) is 10.8. The molecule has 1 aliphatic heterocycles. The van der Waals surface area contributed by atoms with Gasteiger partial charge in [0.15, 0.2) is 0 Å². The molecule has 1 fully saturated rings. The third kappa shape index (κ3) is 6.41. The van der Waals surface area contributed by atoms with Crippen molar-refractivity contribution in [1.29, 1.82) is 0 Å². The molecule has 5 nitrogen and oxygen atoms in total. The highest BCUT2D eigenvalue weighted by Crippen LogP contribution is 2.14. The first kappa shape index (κ1) is 20.0. The van der Waals surface area contributed by atoms with Crippen molar-refractivity contribution >= 4 is 17.2 Å². The van der Waals surface area contributed by atoms with Crippen LogP contribution >= 0.6 is 11.3 Å². The average molecular weight is 387 g/mol. The number of amides is 1. The summed E-state index contributed by atoms with van der Waals surface area (Å²) in [6.45, 7) is 9.94. The van der Waals surface area contributed by atoms with E-state index in [9.17, 15) is 4.79 Å². The number of hydrogen-bond donors (Lipinski definition) is 1. The second kappa shape index (κ2) is 10.5. The Morgan fingerprint density at radius 1 is 1.11 bits per heavy atom. The average Bonchev–Trinajstić information content (AvgIpc) is 3.17. The highest BCUT2D eigenvalue weighted by Gasteiger charge is 2.15. The molecule has 27 heavy (non-hydrogen) atoms. The SMILES string of the molecule is CCN1CCN(CCCCNC(=O)c2csc(Cc3ccccc3)n2)CC1. The fourth-order valence-electron chi connectivity index (χ4n) is 3.35. The molecule has 1 aromatic carbocycles. The molecule has 1 aromatic heterocycles. The van der Waals surface area contributed by atoms with Gasteiger partial charge in [-0.1, -0.05) is 37.3 Å². The smallest absolute Gasteiger partial charge is 0.270 e. The molecule has 0 atom stereocenters. The van der Waals surface area contributed by atoms with E-state index in [-0.39, 0.29) is 5.91 Å². The zero-order chi connectivity index (χ0) is 18.9. The number of likely N-dealkylation sites (N-methyl/N-ethyl adjacent to an activating group) is 1. The minimum absolute atomic E-state index is 0.0536. The molecule has 0 unspecified atom stereocenters. The monoisotopic (exact) mass is 386 g/mol. The normalized spacial score (nSPS) is 15.7. The molecule has 1 saturated heterocycles. The Labute approximate surface area is 166 Å². The van der Waals surface area contributed by atoms with Gasteiger partial charge < -0.3 is 15.1 Å². The minimum Gasteiger partial charge on any atom is -0.351 e. The fraction of sp³-hybridized carbons (Fsp3) is 0.524. The van der Waals surface area contributed by atoms with Crippen LogP contribution in [0.5, 0.6) is 0 Å². The van der Waals surface area contributed by atoms with Crippen molar-refractivity contribution in [2.75, 3.05) is 45.8 Å². The number of carbonyl (C=O) groups excluding carboxylic acids is 1. The zero-order valence-corrected chi connectivity index (χ0v) is 17.0. The van der Waals surface area contributed by atoms with Gasteiger partial charge in [-0.3, -0.25) is 4.79 Å². The number of thiazole rings is 1. The van der Waals surface area contributed by atoms with Crippen LogP contribution in [0.25, 0.3) is 0 Å². The molecule has 3 rings (SSSR count). The van der Waals surface area contributed by atoms with Crippen LogP contribution in [0.4, 0.5) is 0 Å².